The van der Waals surface area contributed by atoms with Crippen LogP contribution in [0.15, 0.2) is 0 Å². The maximum absolute atomic E-state index is 10.4. The molecule has 0 radical (unpaired) electrons. The average Bonchev–Trinajstić information content (AvgIpc) is 2.84. The van der Waals surface area contributed by atoms with Gasteiger partial charge in [0.15, 0.2) is 0 Å². The quantitative estimate of drug-likeness (QED) is 0.687. The lowest BCUT2D eigenvalue weighted by Gasteiger charge is -2.44. The van der Waals surface area contributed by atoms with Gasteiger partial charge in [-0.2, -0.15) is 0 Å². The van der Waals surface area contributed by atoms with Crippen molar-refractivity contribution in [2.75, 3.05) is 13.7 Å². The van der Waals surface area contributed by atoms with Gasteiger partial charge in [0.2, 0.25) is 0 Å². The number of hydrogen-bond donors (Lipinski definition) is 2. The van der Waals surface area contributed by atoms with Gasteiger partial charge in [0.1, 0.15) is 0 Å². The molecular formula is C10H21NO2. The number of aliphatic hydroxyl groups is 1. The van der Waals surface area contributed by atoms with Crippen LogP contribution in [0.3, 0.4) is 0 Å². The zero-order valence-electron chi connectivity index (χ0n) is 9.05. The van der Waals surface area contributed by atoms with Crippen LogP contribution in [-0.2, 0) is 4.74 Å². The number of ether oxygens (including phenoxy) is 1. The van der Waals surface area contributed by atoms with Crippen LogP contribution in [0.5, 0.6) is 0 Å². The monoisotopic (exact) mass is 187 g/mol. The smallest absolute Gasteiger partial charge is 0.0970 e. The lowest BCUT2D eigenvalue weighted by molar-refractivity contribution is -0.174. The summed E-state index contributed by atoms with van der Waals surface area (Å²) >= 11 is 0. The SMILES string of the molecule is COC(C)(C)C(C)(O)C1(CN)CC1. The van der Waals surface area contributed by atoms with Gasteiger partial charge in [-0.3, -0.25) is 0 Å². The van der Waals surface area contributed by atoms with Crippen molar-refractivity contribution in [3.05, 3.63) is 0 Å². The second-order valence-corrected chi connectivity index (χ2v) is 4.77. The Hall–Kier alpha value is -0.120. The molecule has 13 heavy (non-hydrogen) atoms. The van der Waals surface area contributed by atoms with Crippen molar-refractivity contribution in [1.82, 2.24) is 0 Å². The Labute approximate surface area is 80.3 Å². The minimum Gasteiger partial charge on any atom is -0.387 e. The normalized spacial score (nSPS) is 25.4. The molecule has 3 N–H and O–H groups in total. The molecule has 0 aromatic rings. The molecule has 0 aromatic heterocycles. The largest absolute Gasteiger partial charge is 0.387 e. The first-order chi connectivity index (χ1) is 5.83. The molecule has 0 aromatic carbocycles. The fourth-order valence-electron chi connectivity index (χ4n) is 1.88. The van der Waals surface area contributed by atoms with E-state index in [1.54, 1.807) is 7.11 Å². The van der Waals surface area contributed by atoms with E-state index in [0.717, 1.165) is 12.8 Å². The molecular weight excluding hydrogens is 166 g/mol. The second kappa shape index (κ2) is 2.94. The number of methoxy groups -OCH3 is 1. The van der Waals surface area contributed by atoms with Gasteiger partial charge in [-0.15, -0.1) is 0 Å². The fourth-order valence-corrected chi connectivity index (χ4v) is 1.88. The van der Waals surface area contributed by atoms with Crippen molar-refractivity contribution in [1.29, 1.82) is 0 Å². The first kappa shape index (κ1) is 11.0. The predicted molar refractivity (Wildman–Crippen MR) is 52.4 cm³/mol. The van der Waals surface area contributed by atoms with Crippen LogP contribution in [0.1, 0.15) is 33.6 Å². The van der Waals surface area contributed by atoms with Crippen molar-refractivity contribution in [2.24, 2.45) is 11.1 Å². The fraction of sp³-hybridized carbons (Fsp3) is 1.00. The van der Waals surface area contributed by atoms with Gasteiger partial charge >= 0.3 is 0 Å². The van der Waals surface area contributed by atoms with Gasteiger partial charge in [0.25, 0.3) is 0 Å². The summed E-state index contributed by atoms with van der Waals surface area (Å²) in [5, 5.41) is 10.4. The van der Waals surface area contributed by atoms with Crippen LogP contribution in [0.4, 0.5) is 0 Å². The van der Waals surface area contributed by atoms with Crippen LogP contribution in [0.2, 0.25) is 0 Å². The van der Waals surface area contributed by atoms with Crippen LogP contribution in [0, 0.1) is 5.41 Å². The van der Waals surface area contributed by atoms with Gasteiger partial charge in [0.05, 0.1) is 11.2 Å². The summed E-state index contributed by atoms with van der Waals surface area (Å²) in [5.74, 6) is 0. The lowest BCUT2D eigenvalue weighted by atomic mass is 9.74. The Bertz CT molecular complexity index is 187. The lowest BCUT2D eigenvalue weighted by Crippen LogP contribution is -2.57. The summed E-state index contributed by atoms with van der Waals surface area (Å²) in [5.41, 5.74) is 4.19. The zero-order valence-corrected chi connectivity index (χ0v) is 9.05. The summed E-state index contributed by atoms with van der Waals surface area (Å²) in [6, 6.07) is 0. The Morgan fingerprint density at radius 1 is 1.38 bits per heavy atom. The van der Waals surface area contributed by atoms with Gasteiger partial charge < -0.3 is 15.6 Å². The minimum atomic E-state index is -0.844. The van der Waals surface area contributed by atoms with Crippen molar-refractivity contribution >= 4 is 0 Å². The molecule has 0 bridgehead atoms. The van der Waals surface area contributed by atoms with Crippen molar-refractivity contribution in [3.63, 3.8) is 0 Å². The molecule has 0 saturated heterocycles. The highest BCUT2D eigenvalue weighted by molar-refractivity contribution is 5.13. The molecule has 0 spiro atoms. The van der Waals surface area contributed by atoms with Crippen molar-refractivity contribution in [2.45, 2.75) is 44.8 Å². The molecule has 0 heterocycles. The van der Waals surface area contributed by atoms with Crippen LogP contribution < -0.4 is 5.73 Å². The third kappa shape index (κ3) is 1.39. The third-order valence-corrected chi connectivity index (χ3v) is 3.96. The van der Waals surface area contributed by atoms with Gasteiger partial charge in [-0.25, -0.2) is 0 Å². The first-order valence-electron chi connectivity index (χ1n) is 4.80. The molecule has 1 unspecified atom stereocenters. The number of rotatable bonds is 4. The molecule has 1 atom stereocenters. The minimum absolute atomic E-state index is 0.119. The van der Waals surface area contributed by atoms with E-state index >= 15 is 0 Å². The van der Waals surface area contributed by atoms with E-state index in [4.69, 9.17) is 10.5 Å². The summed E-state index contributed by atoms with van der Waals surface area (Å²) in [7, 11) is 1.63. The van der Waals surface area contributed by atoms with E-state index in [2.05, 4.69) is 0 Å². The zero-order chi connectivity index (χ0) is 10.3. The Morgan fingerprint density at radius 3 is 2.08 bits per heavy atom. The van der Waals surface area contributed by atoms with Crippen molar-refractivity contribution < 1.29 is 9.84 Å². The third-order valence-electron chi connectivity index (χ3n) is 3.96. The summed E-state index contributed by atoms with van der Waals surface area (Å²) in [4.78, 5) is 0. The van der Waals surface area contributed by atoms with Crippen LogP contribution in [-0.4, -0.2) is 30.0 Å². The maximum atomic E-state index is 10.4. The van der Waals surface area contributed by atoms with E-state index < -0.39 is 11.2 Å². The number of nitrogens with two attached hydrogens (primary N) is 1. The molecule has 1 aliphatic carbocycles. The standard InChI is InChI=1S/C10H21NO2/c1-8(2,13-4)9(3,12)10(7-11)5-6-10/h12H,5-7,11H2,1-4H3. The molecule has 0 amide bonds. The Morgan fingerprint density at radius 2 is 1.85 bits per heavy atom. The highest BCUT2D eigenvalue weighted by Crippen LogP contribution is 2.57. The predicted octanol–water partition coefficient (Wildman–Crippen LogP) is 0.901. The Balaban J connectivity index is 2.87. The van der Waals surface area contributed by atoms with E-state index in [1.165, 1.54) is 0 Å². The van der Waals surface area contributed by atoms with Gasteiger partial charge in [-0.05, 0) is 33.6 Å². The highest BCUT2D eigenvalue weighted by atomic mass is 16.5. The van der Waals surface area contributed by atoms with Gasteiger partial charge in [-0.1, -0.05) is 0 Å². The van der Waals surface area contributed by atoms with Gasteiger partial charge in [0, 0.05) is 19.1 Å². The molecule has 1 saturated carbocycles. The van der Waals surface area contributed by atoms with E-state index in [9.17, 15) is 5.11 Å². The maximum Gasteiger partial charge on any atom is 0.0970 e. The molecule has 1 aliphatic rings. The molecule has 1 fully saturated rings. The molecule has 3 nitrogen and oxygen atoms in total. The van der Waals surface area contributed by atoms with E-state index in [1.807, 2.05) is 20.8 Å². The molecule has 0 aliphatic heterocycles. The summed E-state index contributed by atoms with van der Waals surface area (Å²) in [6.07, 6.45) is 2.01. The summed E-state index contributed by atoms with van der Waals surface area (Å²) < 4.78 is 5.33. The average molecular weight is 187 g/mol. The Kier molecular flexibility index (Phi) is 2.48. The molecule has 78 valence electrons. The van der Waals surface area contributed by atoms with E-state index in [0.29, 0.717) is 6.54 Å². The second-order valence-electron chi connectivity index (χ2n) is 4.77. The van der Waals surface area contributed by atoms with Crippen molar-refractivity contribution in [3.8, 4) is 0 Å². The van der Waals surface area contributed by atoms with Crippen LogP contribution in [0.25, 0.3) is 0 Å². The number of hydrogen-bond acceptors (Lipinski definition) is 3. The molecule has 1 rings (SSSR count). The topological polar surface area (TPSA) is 55.5 Å². The van der Waals surface area contributed by atoms with Crippen LogP contribution >= 0.6 is 0 Å². The van der Waals surface area contributed by atoms with E-state index in [-0.39, 0.29) is 5.41 Å². The first-order valence-corrected chi connectivity index (χ1v) is 4.80. The molecule has 3 heteroatoms. The summed E-state index contributed by atoms with van der Waals surface area (Å²) in [6.45, 7) is 6.18. The highest BCUT2D eigenvalue weighted by Gasteiger charge is 2.61.